The van der Waals surface area contributed by atoms with Crippen molar-refractivity contribution in [1.82, 2.24) is 21.3 Å². The van der Waals surface area contributed by atoms with Crippen molar-refractivity contribution in [2.75, 3.05) is 39.9 Å². The fourth-order valence-corrected chi connectivity index (χ4v) is 5.46. The molecule has 18 nitrogen and oxygen atoms in total. The molecule has 0 radical (unpaired) electrons. The highest BCUT2D eigenvalue weighted by Crippen LogP contribution is 2.31. The van der Waals surface area contributed by atoms with Crippen LogP contribution in [-0.4, -0.2) is 145 Å². The number of nitrogens with two attached hydrogens (primary N) is 3. The van der Waals surface area contributed by atoms with Crippen LogP contribution in [0.15, 0.2) is 23.7 Å². The third-order valence-corrected chi connectivity index (χ3v) is 7.92. The number of carbonyl (C=O) groups excluding carboxylic acids is 1. The van der Waals surface area contributed by atoms with Crippen molar-refractivity contribution in [2.45, 2.75) is 93.0 Å². The summed E-state index contributed by atoms with van der Waals surface area (Å²) in [5, 5.41) is 69.9. The molecule has 3 aliphatic rings. The topological polar surface area (TPSA) is 305 Å². The molecule has 18 heteroatoms. The SMILES string of the molecule is CN[C@H]1/C(=C\O)CO[C@H](O[C@H]2[C@H](NC(=O)[C@@H](O)CCNC(=N)N)C[C@H](N)C(O[C@H]3OC(CNCCCO)=CC[C@H]3N)[C@@H]2O)[C@@H]1O. The van der Waals surface area contributed by atoms with Gasteiger partial charge in [0.1, 0.15) is 36.3 Å². The molecule has 0 aromatic carbocycles. The second kappa shape index (κ2) is 17.9. The first-order chi connectivity index (χ1) is 21.5. The molecule has 11 atom stereocenters. The molecule has 0 spiro atoms. The Balaban J connectivity index is 1.76. The molecule has 1 amide bonds. The fourth-order valence-electron chi connectivity index (χ4n) is 5.46. The number of rotatable bonds is 15. The zero-order chi connectivity index (χ0) is 33.1. The molecule has 16 N–H and O–H groups in total. The van der Waals surface area contributed by atoms with E-state index in [9.17, 15) is 25.2 Å². The van der Waals surface area contributed by atoms with E-state index in [0.717, 1.165) is 6.26 Å². The Morgan fingerprint density at radius 1 is 1.18 bits per heavy atom. The lowest BCUT2D eigenvalue weighted by atomic mass is 9.83. The minimum atomic E-state index is -1.48. The lowest BCUT2D eigenvalue weighted by Crippen LogP contribution is -2.67. The van der Waals surface area contributed by atoms with Gasteiger partial charge in [0.2, 0.25) is 12.2 Å². The Morgan fingerprint density at radius 3 is 2.58 bits per heavy atom. The van der Waals surface area contributed by atoms with Gasteiger partial charge in [0.05, 0.1) is 37.5 Å². The normalized spacial score (nSPS) is 35.3. The van der Waals surface area contributed by atoms with E-state index in [-0.39, 0.29) is 38.6 Å². The quantitative estimate of drug-likeness (QED) is 0.0344. The van der Waals surface area contributed by atoms with E-state index in [1.165, 1.54) is 0 Å². The number of nitrogens with one attached hydrogen (secondary N) is 5. The molecule has 45 heavy (non-hydrogen) atoms. The number of likely N-dealkylation sites (N-methyl/N-ethyl adjacent to an activating group) is 1. The number of hydrogen-bond acceptors (Lipinski definition) is 15. The molecule has 2 heterocycles. The summed E-state index contributed by atoms with van der Waals surface area (Å²) in [5.74, 6) is -0.507. The number of amides is 1. The Labute approximate surface area is 261 Å². The van der Waals surface area contributed by atoms with Gasteiger partial charge in [-0.3, -0.25) is 10.2 Å². The predicted molar refractivity (Wildman–Crippen MR) is 160 cm³/mol. The van der Waals surface area contributed by atoms with Crippen LogP contribution in [0.3, 0.4) is 0 Å². The monoisotopic (exact) mass is 646 g/mol. The number of hydrogen-bond donors (Lipinski definition) is 13. The first-order valence-electron chi connectivity index (χ1n) is 15.0. The summed E-state index contributed by atoms with van der Waals surface area (Å²) in [7, 11) is 1.59. The summed E-state index contributed by atoms with van der Waals surface area (Å²) in [6, 6.07) is -3.11. The first-order valence-corrected chi connectivity index (χ1v) is 15.0. The van der Waals surface area contributed by atoms with Crippen LogP contribution in [0.4, 0.5) is 0 Å². The van der Waals surface area contributed by atoms with Crippen molar-refractivity contribution in [3.05, 3.63) is 23.7 Å². The van der Waals surface area contributed by atoms with Gasteiger partial charge in [-0.25, -0.2) is 0 Å². The number of aliphatic hydroxyl groups excluding tert-OH is 5. The molecule has 258 valence electrons. The van der Waals surface area contributed by atoms with Gasteiger partial charge in [0.25, 0.3) is 0 Å². The third kappa shape index (κ3) is 10.2. The van der Waals surface area contributed by atoms with Gasteiger partial charge in [-0.2, -0.15) is 0 Å². The highest BCUT2D eigenvalue weighted by atomic mass is 16.7. The van der Waals surface area contributed by atoms with E-state index in [2.05, 4.69) is 21.3 Å². The average molecular weight is 647 g/mol. The molecule has 2 aliphatic heterocycles. The van der Waals surface area contributed by atoms with Gasteiger partial charge in [-0.05, 0) is 45.4 Å². The molecular formula is C27H50N8O10. The molecule has 3 rings (SSSR count). The van der Waals surface area contributed by atoms with Gasteiger partial charge in [-0.15, -0.1) is 0 Å². The highest BCUT2D eigenvalue weighted by Gasteiger charge is 2.49. The summed E-state index contributed by atoms with van der Waals surface area (Å²) in [6.45, 7) is 0.990. The van der Waals surface area contributed by atoms with Crippen LogP contribution >= 0.6 is 0 Å². The van der Waals surface area contributed by atoms with Crippen LogP contribution < -0.4 is 38.5 Å². The van der Waals surface area contributed by atoms with E-state index in [4.69, 9.17) is 46.7 Å². The summed E-state index contributed by atoms with van der Waals surface area (Å²) in [4.78, 5) is 12.9. The minimum absolute atomic E-state index is 0.0317. The van der Waals surface area contributed by atoms with Crippen LogP contribution in [0.2, 0.25) is 0 Å². The maximum absolute atomic E-state index is 12.9. The summed E-state index contributed by atoms with van der Waals surface area (Å²) in [5.41, 5.74) is 18.4. The van der Waals surface area contributed by atoms with Crippen LogP contribution in [-0.2, 0) is 23.7 Å². The largest absolute Gasteiger partial charge is 0.515 e. The molecule has 1 saturated heterocycles. The number of guanidine groups is 1. The van der Waals surface area contributed by atoms with E-state index in [0.29, 0.717) is 37.3 Å². The maximum Gasteiger partial charge on any atom is 0.249 e. The van der Waals surface area contributed by atoms with Gasteiger partial charge >= 0.3 is 0 Å². The predicted octanol–water partition coefficient (Wildman–Crippen LogP) is -4.76. The van der Waals surface area contributed by atoms with Crippen molar-refractivity contribution < 1.29 is 49.3 Å². The summed E-state index contributed by atoms with van der Waals surface area (Å²) >= 11 is 0. The number of ether oxygens (including phenoxy) is 4. The molecule has 1 saturated carbocycles. The molecule has 0 bridgehead atoms. The van der Waals surface area contributed by atoms with Crippen LogP contribution in [0, 0.1) is 5.41 Å². The Kier molecular flexibility index (Phi) is 14.7. The van der Waals surface area contributed by atoms with Crippen LogP contribution in [0.25, 0.3) is 0 Å². The summed E-state index contributed by atoms with van der Waals surface area (Å²) < 4.78 is 23.9. The molecular weight excluding hydrogens is 596 g/mol. The molecule has 0 aromatic rings. The lowest BCUT2D eigenvalue weighted by molar-refractivity contribution is -0.275. The van der Waals surface area contributed by atoms with Gasteiger partial charge in [0.15, 0.2) is 12.2 Å². The number of carbonyl (C=O) groups is 1. The minimum Gasteiger partial charge on any atom is -0.515 e. The average Bonchev–Trinajstić information content (AvgIpc) is 3.00. The Morgan fingerprint density at radius 2 is 1.91 bits per heavy atom. The van der Waals surface area contributed by atoms with Gasteiger partial charge in [-0.1, -0.05) is 0 Å². The Bertz CT molecular complexity index is 1020. The van der Waals surface area contributed by atoms with Crippen LogP contribution in [0.1, 0.15) is 25.7 Å². The first kappa shape index (κ1) is 36.8. The standard InChI is InChI=1S/C27H50N8O10/c1-32-19-13(11-37)12-42-26(20(19)39)45-23-17(35-24(41)18(38)5-7-34-27(30)31)9-16(29)22(21(23)40)44-25-15(28)4-3-14(43-25)10-33-6-2-8-36/h3,11,15-23,25-26,32-33,36-40H,2,4-10,12,28-29H2,1H3,(H,35,41)(H4,30,31,34)/b13-11-/t15-,16+,17-,18+,19+,20-,21+,22?,23+,25-,26-/m1/s1. The van der Waals surface area contributed by atoms with Gasteiger partial charge < -0.3 is 82.9 Å². The summed E-state index contributed by atoms with van der Waals surface area (Å²) in [6.07, 6.45) is -5.22. The Hall–Kier alpha value is -2.62. The van der Waals surface area contributed by atoms with E-state index in [1.807, 2.05) is 6.08 Å². The van der Waals surface area contributed by atoms with Crippen molar-refractivity contribution >= 4 is 11.9 Å². The second-order valence-corrected chi connectivity index (χ2v) is 11.3. The number of aliphatic hydroxyl groups is 5. The van der Waals surface area contributed by atoms with Crippen molar-refractivity contribution in [1.29, 1.82) is 5.41 Å². The zero-order valence-corrected chi connectivity index (χ0v) is 25.4. The van der Waals surface area contributed by atoms with Crippen molar-refractivity contribution in [3.63, 3.8) is 0 Å². The molecule has 2 fully saturated rings. The smallest absolute Gasteiger partial charge is 0.249 e. The third-order valence-electron chi connectivity index (χ3n) is 7.92. The highest BCUT2D eigenvalue weighted by molar-refractivity contribution is 5.81. The molecule has 1 unspecified atom stereocenters. The molecule has 0 aromatic heterocycles. The zero-order valence-electron chi connectivity index (χ0n) is 25.4. The fraction of sp³-hybridized carbons (Fsp3) is 0.778. The van der Waals surface area contributed by atoms with E-state index in [1.54, 1.807) is 7.05 Å². The molecule has 1 aliphatic carbocycles. The van der Waals surface area contributed by atoms with Gasteiger partial charge in [0, 0.05) is 24.8 Å². The van der Waals surface area contributed by atoms with Crippen LogP contribution in [0.5, 0.6) is 0 Å². The maximum atomic E-state index is 12.9. The van der Waals surface area contributed by atoms with E-state index < -0.39 is 73.2 Å². The van der Waals surface area contributed by atoms with Crippen molar-refractivity contribution in [3.8, 4) is 0 Å². The van der Waals surface area contributed by atoms with E-state index >= 15 is 0 Å². The second-order valence-electron chi connectivity index (χ2n) is 11.3. The van der Waals surface area contributed by atoms with Crippen molar-refractivity contribution in [2.24, 2.45) is 17.2 Å². The lowest BCUT2D eigenvalue weighted by Gasteiger charge is -2.47.